The van der Waals surface area contributed by atoms with Gasteiger partial charge < -0.3 is 14.5 Å². The average Bonchev–Trinajstić information content (AvgIpc) is 3.14. The summed E-state index contributed by atoms with van der Waals surface area (Å²) in [5.41, 5.74) is 7.19. The van der Waals surface area contributed by atoms with Gasteiger partial charge >= 0.3 is 0 Å². The van der Waals surface area contributed by atoms with E-state index >= 15 is 0 Å². The number of imidazole rings is 1. The van der Waals surface area contributed by atoms with Crippen molar-refractivity contribution in [3.05, 3.63) is 47.9 Å². The van der Waals surface area contributed by atoms with E-state index in [2.05, 4.69) is 46.2 Å². The lowest BCUT2D eigenvalue weighted by molar-refractivity contribution is 0.652. The zero-order valence-electron chi connectivity index (χ0n) is 14.6. The summed E-state index contributed by atoms with van der Waals surface area (Å²) in [5.74, 6) is 0.881. The number of nitrogens with one attached hydrogen (secondary N) is 1. The Morgan fingerprint density at radius 1 is 1.04 bits per heavy atom. The molecule has 1 aromatic carbocycles. The molecule has 1 aliphatic rings. The zero-order chi connectivity index (χ0) is 17.0. The molecule has 0 bridgehead atoms. The Balaban J connectivity index is 1.56. The van der Waals surface area contributed by atoms with E-state index < -0.39 is 0 Å². The monoisotopic (exact) mass is 331 g/mol. The predicted octanol–water partition coefficient (Wildman–Crippen LogP) is 4.08. The van der Waals surface area contributed by atoms with Gasteiger partial charge in [0.1, 0.15) is 11.5 Å². The minimum atomic E-state index is 0.881. The Morgan fingerprint density at radius 3 is 2.84 bits per heavy atom. The molecule has 0 saturated carbocycles. The van der Waals surface area contributed by atoms with Crippen molar-refractivity contribution in [2.24, 2.45) is 14.1 Å². The van der Waals surface area contributed by atoms with Crippen molar-refractivity contribution in [3.63, 3.8) is 0 Å². The number of hydrogen-bond acceptors (Lipinski definition) is 3. The third-order valence-corrected chi connectivity index (χ3v) is 5.36. The molecule has 3 aromatic heterocycles. The van der Waals surface area contributed by atoms with Crippen molar-refractivity contribution in [1.29, 1.82) is 0 Å². The molecule has 0 spiro atoms. The Bertz CT molecular complexity index is 1100. The van der Waals surface area contributed by atoms with Gasteiger partial charge in [-0.2, -0.15) is 0 Å². The fraction of sp³-hybridized carbons (Fsp3) is 0.300. The number of benzene rings is 1. The highest BCUT2D eigenvalue weighted by Crippen LogP contribution is 2.31. The van der Waals surface area contributed by atoms with Crippen LogP contribution in [0.15, 0.2) is 36.7 Å². The van der Waals surface area contributed by atoms with Gasteiger partial charge in [-0.3, -0.25) is 0 Å². The van der Waals surface area contributed by atoms with Crippen LogP contribution < -0.4 is 5.32 Å². The molecule has 1 aliphatic carbocycles. The highest BCUT2D eigenvalue weighted by Gasteiger charge is 2.19. The summed E-state index contributed by atoms with van der Waals surface area (Å²) in [4.78, 5) is 9.27. The molecule has 5 heteroatoms. The van der Waals surface area contributed by atoms with Crippen molar-refractivity contribution >= 4 is 33.6 Å². The molecule has 3 heterocycles. The van der Waals surface area contributed by atoms with Gasteiger partial charge in [0.15, 0.2) is 0 Å². The predicted molar refractivity (Wildman–Crippen MR) is 101 cm³/mol. The van der Waals surface area contributed by atoms with Crippen LogP contribution in [-0.2, 0) is 26.9 Å². The van der Waals surface area contributed by atoms with Crippen LogP contribution in [0.1, 0.15) is 24.1 Å². The van der Waals surface area contributed by atoms with Crippen LogP contribution in [0.5, 0.6) is 0 Å². The van der Waals surface area contributed by atoms with E-state index in [0.29, 0.717) is 0 Å². The molecule has 0 atom stereocenters. The molecule has 25 heavy (non-hydrogen) atoms. The first-order valence-electron chi connectivity index (χ1n) is 8.86. The van der Waals surface area contributed by atoms with Gasteiger partial charge in [-0.05, 0) is 61.6 Å². The number of aromatic nitrogens is 4. The van der Waals surface area contributed by atoms with Gasteiger partial charge in [-0.15, -0.1) is 0 Å². The van der Waals surface area contributed by atoms with Crippen LogP contribution in [0, 0.1) is 0 Å². The minimum absolute atomic E-state index is 0.881. The van der Waals surface area contributed by atoms with E-state index in [1.54, 1.807) is 0 Å². The maximum absolute atomic E-state index is 4.89. The van der Waals surface area contributed by atoms with E-state index in [1.165, 1.54) is 42.3 Å². The van der Waals surface area contributed by atoms with Crippen molar-refractivity contribution in [2.45, 2.75) is 25.7 Å². The normalized spacial score (nSPS) is 14.2. The van der Waals surface area contributed by atoms with Gasteiger partial charge in [0.2, 0.25) is 0 Å². The molecule has 0 radical (unpaired) electrons. The summed E-state index contributed by atoms with van der Waals surface area (Å²) in [6, 6.07) is 10.5. The second-order valence-corrected chi connectivity index (χ2v) is 6.94. The van der Waals surface area contributed by atoms with Crippen LogP contribution in [0.4, 0.5) is 11.5 Å². The van der Waals surface area contributed by atoms with Crippen molar-refractivity contribution in [3.8, 4) is 0 Å². The fourth-order valence-electron chi connectivity index (χ4n) is 4.04. The maximum atomic E-state index is 4.89. The Labute approximate surface area is 146 Å². The van der Waals surface area contributed by atoms with Gasteiger partial charge in [0.25, 0.3) is 0 Å². The number of nitrogens with zero attached hydrogens (tertiary/aromatic N) is 4. The molecule has 0 fully saturated rings. The van der Waals surface area contributed by atoms with E-state index in [4.69, 9.17) is 4.98 Å². The van der Waals surface area contributed by atoms with Gasteiger partial charge in [-0.25, -0.2) is 9.97 Å². The standard InChI is InChI=1S/C20H21N5/c1-24-12-21-16-9-7-13(11-18(16)24)22-19-10-8-15-14-5-3-4-6-17(14)25(2)20(15)23-19/h7-12H,3-6H2,1-2H3,(H,22,23). The Kier molecular flexibility index (Phi) is 3.10. The second kappa shape index (κ2) is 5.34. The van der Waals surface area contributed by atoms with Crippen molar-refractivity contribution < 1.29 is 0 Å². The molecule has 126 valence electrons. The lowest BCUT2D eigenvalue weighted by Gasteiger charge is -2.12. The average molecular weight is 331 g/mol. The summed E-state index contributed by atoms with van der Waals surface area (Å²) in [5, 5.41) is 4.76. The maximum Gasteiger partial charge on any atom is 0.142 e. The summed E-state index contributed by atoms with van der Waals surface area (Å²) < 4.78 is 4.31. The number of aryl methyl sites for hydroxylation is 3. The quantitative estimate of drug-likeness (QED) is 0.602. The van der Waals surface area contributed by atoms with Crippen LogP contribution in [-0.4, -0.2) is 19.1 Å². The zero-order valence-corrected chi connectivity index (χ0v) is 14.6. The molecule has 0 aliphatic heterocycles. The van der Waals surface area contributed by atoms with Gasteiger partial charge in [-0.1, -0.05) is 0 Å². The number of rotatable bonds is 2. The number of hydrogen-bond donors (Lipinski definition) is 1. The molecule has 0 amide bonds. The van der Waals surface area contributed by atoms with E-state index in [1.807, 2.05) is 24.0 Å². The molecule has 5 rings (SSSR count). The summed E-state index contributed by atoms with van der Waals surface area (Å²) in [6.07, 6.45) is 6.76. The first-order valence-corrected chi connectivity index (χ1v) is 8.86. The molecular weight excluding hydrogens is 310 g/mol. The van der Waals surface area contributed by atoms with Crippen LogP contribution in [0.3, 0.4) is 0 Å². The first-order chi connectivity index (χ1) is 12.2. The largest absolute Gasteiger partial charge is 0.340 e. The molecular formula is C20H21N5. The minimum Gasteiger partial charge on any atom is -0.340 e. The highest BCUT2D eigenvalue weighted by molar-refractivity contribution is 5.85. The van der Waals surface area contributed by atoms with Crippen LogP contribution in [0.25, 0.3) is 22.1 Å². The van der Waals surface area contributed by atoms with Crippen molar-refractivity contribution in [2.75, 3.05) is 5.32 Å². The third-order valence-electron chi connectivity index (χ3n) is 5.36. The molecule has 0 unspecified atom stereocenters. The Morgan fingerprint density at radius 2 is 1.92 bits per heavy atom. The number of anilines is 2. The van der Waals surface area contributed by atoms with Crippen LogP contribution in [0.2, 0.25) is 0 Å². The summed E-state index contributed by atoms with van der Waals surface area (Å²) in [7, 11) is 4.16. The number of fused-ring (bicyclic) bond motifs is 4. The topological polar surface area (TPSA) is 47.7 Å². The molecule has 5 nitrogen and oxygen atoms in total. The Hall–Kier alpha value is -2.82. The lowest BCUT2D eigenvalue weighted by Crippen LogP contribution is -2.05. The molecule has 0 saturated heterocycles. The van der Waals surface area contributed by atoms with E-state index in [0.717, 1.165) is 28.2 Å². The summed E-state index contributed by atoms with van der Waals surface area (Å²) in [6.45, 7) is 0. The van der Waals surface area contributed by atoms with E-state index in [-0.39, 0.29) is 0 Å². The first kappa shape index (κ1) is 14.5. The molecule has 1 N–H and O–H groups in total. The highest BCUT2D eigenvalue weighted by atomic mass is 15.1. The van der Waals surface area contributed by atoms with Gasteiger partial charge in [0, 0.05) is 30.9 Å². The van der Waals surface area contributed by atoms with E-state index in [9.17, 15) is 0 Å². The lowest BCUT2D eigenvalue weighted by atomic mass is 9.96. The SMILES string of the molecule is Cn1cnc2ccc(Nc3ccc4c5c(n(C)c4n3)CCCC5)cc21. The van der Waals surface area contributed by atoms with Gasteiger partial charge in [0.05, 0.1) is 17.4 Å². The smallest absolute Gasteiger partial charge is 0.142 e. The van der Waals surface area contributed by atoms with Crippen molar-refractivity contribution in [1.82, 2.24) is 19.1 Å². The second-order valence-electron chi connectivity index (χ2n) is 6.94. The third kappa shape index (κ3) is 2.22. The number of pyridine rings is 1. The fourth-order valence-corrected chi connectivity index (χ4v) is 4.04. The van der Waals surface area contributed by atoms with Crippen LogP contribution >= 0.6 is 0 Å². The summed E-state index contributed by atoms with van der Waals surface area (Å²) >= 11 is 0. The molecule has 4 aromatic rings.